The minimum atomic E-state index is 0.576. The molecule has 3 aromatic heterocycles. The van der Waals surface area contributed by atoms with E-state index in [-0.39, 0.29) is 0 Å². The molecule has 1 aliphatic heterocycles. The summed E-state index contributed by atoms with van der Waals surface area (Å²) in [6.45, 7) is 4.42. The molecule has 7 heteroatoms. The van der Waals surface area contributed by atoms with E-state index in [2.05, 4.69) is 79.9 Å². The van der Waals surface area contributed by atoms with E-state index in [1.165, 1.54) is 15.1 Å². The number of H-pyrrole nitrogens is 2. The quantitative estimate of drug-likeness (QED) is 0.220. The van der Waals surface area contributed by atoms with Gasteiger partial charge >= 0.3 is 0 Å². The van der Waals surface area contributed by atoms with Crippen LogP contribution in [0.15, 0.2) is 70.6 Å². The Labute approximate surface area is 195 Å². The predicted molar refractivity (Wildman–Crippen MR) is 140 cm³/mol. The summed E-state index contributed by atoms with van der Waals surface area (Å²) in [6.07, 6.45) is 0. The van der Waals surface area contributed by atoms with Gasteiger partial charge in [-0.2, -0.15) is 0 Å². The number of hydrogen-bond acceptors (Lipinski definition) is 4. The molecule has 4 heterocycles. The standard InChI is InChI=1S/C26H24N6S/c1-2-28-25(27)17-5-3-15-11-21(31-19(15)13-17)23-7-8-24(33-23)22-12-16-4-6-18(14-20(16)32-22)26-29-9-10-30-26/h3-8,11-14,31-32H,2,9-10H2,1H3,(H2,27,28)(H,29,30). The zero-order valence-corrected chi connectivity index (χ0v) is 19.1. The summed E-state index contributed by atoms with van der Waals surface area (Å²) in [5.74, 6) is 1.56. The van der Waals surface area contributed by atoms with Crippen molar-refractivity contribution >= 4 is 44.8 Å². The maximum atomic E-state index is 6.08. The number of hydrogen-bond donors (Lipinski definition) is 4. The normalized spacial score (nSPS) is 14.2. The molecule has 0 saturated heterocycles. The van der Waals surface area contributed by atoms with Crippen molar-refractivity contribution in [3.8, 4) is 21.1 Å². The molecule has 6 nitrogen and oxygen atoms in total. The molecule has 0 atom stereocenters. The van der Waals surface area contributed by atoms with Gasteiger partial charge in [0.25, 0.3) is 0 Å². The van der Waals surface area contributed by atoms with E-state index in [4.69, 9.17) is 5.73 Å². The molecular formula is C26H24N6S. The van der Waals surface area contributed by atoms with Crippen molar-refractivity contribution < 1.29 is 0 Å². The van der Waals surface area contributed by atoms with Crippen LogP contribution in [0.1, 0.15) is 18.1 Å². The van der Waals surface area contributed by atoms with Gasteiger partial charge in [-0.1, -0.05) is 24.3 Å². The first-order valence-corrected chi connectivity index (χ1v) is 11.9. The maximum absolute atomic E-state index is 6.08. The Kier molecular flexibility index (Phi) is 4.77. The van der Waals surface area contributed by atoms with Crippen molar-refractivity contribution in [1.82, 2.24) is 15.3 Å². The van der Waals surface area contributed by atoms with Crippen molar-refractivity contribution in [2.75, 3.05) is 19.6 Å². The first-order valence-electron chi connectivity index (χ1n) is 11.1. The molecule has 0 fully saturated rings. The Hall–Kier alpha value is -3.84. The molecule has 0 amide bonds. The highest BCUT2D eigenvalue weighted by Gasteiger charge is 2.13. The second-order valence-electron chi connectivity index (χ2n) is 8.15. The van der Waals surface area contributed by atoms with E-state index in [0.29, 0.717) is 12.4 Å². The minimum Gasteiger partial charge on any atom is -0.384 e. The van der Waals surface area contributed by atoms with Crippen LogP contribution in [0, 0.1) is 0 Å². The van der Waals surface area contributed by atoms with Gasteiger partial charge in [-0.05, 0) is 43.3 Å². The largest absolute Gasteiger partial charge is 0.384 e. The molecule has 5 aromatic rings. The predicted octanol–water partition coefficient (Wildman–Crippen LogP) is 5.12. The van der Waals surface area contributed by atoms with Crippen LogP contribution >= 0.6 is 11.3 Å². The fourth-order valence-corrected chi connectivity index (χ4v) is 5.26. The summed E-state index contributed by atoms with van der Waals surface area (Å²) >= 11 is 1.77. The number of benzene rings is 2. The number of rotatable bonds is 5. The van der Waals surface area contributed by atoms with Crippen LogP contribution in [0.25, 0.3) is 42.9 Å². The number of aromatic amines is 2. The number of fused-ring (bicyclic) bond motifs is 2. The first kappa shape index (κ1) is 19.8. The van der Waals surface area contributed by atoms with Crippen LogP contribution in [-0.2, 0) is 0 Å². The monoisotopic (exact) mass is 452 g/mol. The number of nitrogens with one attached hydrogen (secondary N) is 3. The Morgan fingerprint density at radius 2 is 1.64 bits per heavy atom. The summed E-state index contributed by atoms with van der Waals surface area (Å²) in [5, 5.41) is 5.71. The van der Waals surface area contributed by atoms with Gasteiger partial charge in [0.2, 0.25) is 0 Å². The van der Waals surface area contributed by atoms with E-state index >= 15 is 0 Å². The number of amidine groups is 2. The fourth-order valence-electron chi connectivity index (χ4n) is 4.31. The summed E-state index contributed by atoms with van der Waals surface area (Å²) in [4.78, 5) is 18.4. The Morgan fingerprint density at radius 1 is 0.939 bits per heavy atom. The average Bonchev–Trinajstić information content (AvgIpc) is 3.62. The summed E-state index contributed by atoms with van der Waals surface area (Å²) in [7, 11) is 0. The molecule has 164 valence electrons. The van der Waals surface area contributed by atoms with Crippen LogP contribution in [-0.4, -0.2) is 41.3 Å². The molecule has 33 heavy (non-hydrogen) atoms. The van der Waals surface area contributed by atoms with Crippen molar-refractivity contribution in [2.24, 2.45) is 15.7 Å². The van der Waals surface area contributed by atoms with Gasteiger partial charge in [-0.15, -0.1) is 11.3 Å². The lowest BCUT2D eigenvalue weighted by Gasteiger charge is -2.01. The van der Waals surface area contributed by atoms with Crippen LogP contribution in [0.3, 0.4) is 0 Å². The zero-order valence-electron chi connectivity index (χ0n) is 18.3. The summed E-state index contributed by atoms with van der Waals surface area (Å²) in [5.41, 5.74) is 12.6. The van der Waals surface area contributed by atoms with Gasteiger partial charge in [0.15, 0.2) is 0 Å². The maximum Gasteiger partial charge on any atom is 0.128 e. The highest BCUT2D eigenvalue weighted by molar-refractivity contribution is 7.18. The molecule has 0 spiro atoms. The third-order valence-electron chi connectivity index (χ3n) is 5.95. The second kappa shape index (κ2) is 7.94. The Morgan fingerprint density at radius 3 is 2.30 bits per heavy atom. The van der Waals surface area contributed by atoms with E-state index in [1.807, 2.05) is 13.0 Å². The molecule has 0 unspecified atom stereocenters. The van der Waals surface area contributed by atoms with Crippen molar-refractivity contribution in [2.45, 2.75) is 6.92 Å². The van der Waals surface area contributed by atoms with Crippen molar-refractivity contribution in [3.05, 3.63) is 71.8 Å². The van der Waals surface area contributed by atoms with Crippen molar-refractivity contribution in [3.63, 3.8) is 0 Å². The highest BCUT2D eigenvalue weighted by atomic mass is 32.1. The SMILES string of the molecule is CCN=C(N)c1ccc2cc(-c3ccc(-c4cc5ccc(C6=NCCN6)cc5[nH]4)s3)[nH]c2c1. The van der Waals surface area contributed by atoms with Crippen molar-refractivity contribution in [1.29, 1.82) is 0 Å². The third kappa shape index (κ3) is 3.60. The van der Waals surface area contributed by atoms with E-state index in [9.17, 15) is 0 Å². The molecule has 0 bridgehead atoms. The summed E-state index contributed by atoms with van der Waals surface area (Å²) in [6, 6.07) is 21.4. The highest BCUT2D eigenvalue weighted by Crippen LogP contribution is 2.36. The molecule has 0 saturated carbocycles. The number of thiophene rings is 1. The van der Waals surface area contributed by atoms with Crippen LogP contribution < -0.4 is 11.1 Å². The number of aromatic nitrogens is 2. The van der Waals surface area contributed by atoms with E-state index < -0.39 is 0 Å². The molecule has 0 radical (unpaired) electrons. The van der Waals surface area contributed by atoms with Crippen LogP contribution in [0.5, 0.6) is 0 Å². The molecule has 5 N–H and O–H groups in total. The lowest BCUT2D eigenvalue weighted by Crippen LogP contribution is -2.19. The molecule has 6 rings (SSSR count). The molecule has 2 aromatic carbocycles. The van der Waals surface area contributed by atoms with Crippen LogP contribution in [0.2, 0.25) is 0 Å². The number of nitrogens with two attached hydrogens (primary N) is 1. The Bertz CT molecular complexity index is 1550. The van der Waals surface area contributed by atoms with Gasteiger partial charge in [-0.3, -0.25) is 9.98 Å². The summed E-state index contributed by atoms with van der Waals surface area (Å²) < 4.78 is 0. The van der Waals surface area contributed by atoms with Gasteiger partial charge in [0.05, 0.1) is 27.7 Å². The second-order valence-corrected chi connectivity index (χ2v) is 9.23. The molecule has 1 aliphatic rings. The number of aliphatic imine (C=N–C) groups is 2. The van der Waals surface area contributed by atoms with E-state index in [0.717, 1.165) is 57.9 Å². The average molecular weight is 453 g/mol. The molecular weight excluding hydrogens is 428 g/mol. The Balaban J connectivity index is 1.31. The van der Waals surface area contributed by atoms with Gasteiger partial charge in [-0.25, -0.2) is 0 Å². The minimum absolute atomic E-state index is 0.576. The topological polar surface area (TPSA) is 94.3 Å². The van der Waals surface area contributed by atoms with Crippen LogP contribution in [0.4, 0.5) is 0 Å². The fraction of sp³-hybridized carbons (Fsp3) is 0.154. The lowest BCUT2D eigenvalue weighted by molar-refractivity contribution is 0.960. The number of nitrogens with zero attached hydrogens (tertiary/aromatic N) is 2. The van der Waals surface area contributed by atoms with E-state index in [1.54, 1.807) is 11.3 Å². The third-order valence-corrected chi connectivity index (χ3v) is 7.11. The lowest BCUT2D eigenvalue weighted by atomic mass is 10.1. The molecule has 0 aliphatic carbocycles. The smallest absolute Gasteiger partial charge is 0.128 e. The van der Waals surface area contributed by atoms with Gasteiger partial charge in [0.1, 0.15) is 11.7 Å². The first-order chi connectivity index (χ1) is 16.2. The van der Waals surface area contributed by atoms with Gasteiger partial charge < -0.3 is 21.0 Å². The van der Waals surface area contributed by atoms with Gasteiger partial charge in [0, 0.05) is 46.0 Å². The zero-order chi connectivity index (χ0) is 22.4.